The molecular formula is C36H48N6. The van der Waals surface area contributed by atoms with Gasteiger partial charge in [-0.1, -0.05) is 67.1 Å². The molecule has 3 heterocycles. The molecular weight excluding hydrogens is 516 g/mol. The van der Waals surface area contributed by atoms with Crippen molar-refractivity contribution < 1.29 is 0 Å². The topological polar surface area (TPSA) is 68.3 Å². The predicted molar refractivity (Wildman–Crippen MR) is 177 cm³/mol. The van der Waals surface area contributed by atoms with E-state index in [4.69, 9.17) is 10.1 Å². The zero-order chi connectivity index (χ0) is 29.3. The summed E-state index contributed by atoms with van der Waals surface area (Å²) in [5.74, 6) is 1.51. The fourth-order valence-corrected chi connectivity index (χ4v) is 6.10. The average Bonchev–Trinajstić information content (AvgIpc) is 3.48. The minimum absolute atomic E-state index is 0.448. The summed E-state index contributed by atoms with van der Waals surface area (Å²) < 4.78 is 0. The Bertz CT molecular complexity index is 1370. The number of aryl methyl sites for hydroxylation is 1. The van der Waals surface area contributed by atoms with Gasteiger partial charge in [0.25, 0.3) is 0 Å². The average molecular weight is 565 g/mol. The van der Waals surface area contributed by atoms with E-state index in [-0.39, 0.29) is 0 Å². The van der Waals surface area contributed by atoms with Crippen LogP contribution in [0.15, 0.2) is 77.1 Å². The summed E-state index contributed by atoms with van der Waals surface area (Å²) in [6.07, 6.45) is 9.65. The quantitative estimate of drug-likeness (QED) is 0.227. The van der Waals surface area contributed by atoms with Crippen molar-refractivity contribution in [2.24, 2.45) is 4.99 Å². The number of rotatable bonds is 10. The van der Waals surface area contributed by atoms with Crippen LogP contribution in [0, 0.1) is 6.92 Å². The third kappa shape index (κ3) is 7.67. The zero-order valence-corrected chi connectivity index (χ0v) is 25.9. The van der Waals surface area contributed by atoms with E-state index >= 15 is 0 Å². The van der Waals surface area contributed by atoms with Crippen molar-refractivity contribution in [3.05, 3.63) is 94.5 Å². The monoisotopic (exact) mass is 564 g/mol. The van der Waals surface area contributed by atoms with Crippen molar-refractivity contribution >= 4 is 11.8 Å². The van der Waals surface area contributed by atoms with Gasteiger partial charge in [0.05, 0.1) is 5.69 Å². The number of hydrogen-bond donors (Lipinski definition) is 3. The third-order valence-electron chi connectivity index (χ3n) is 8.90. The van der Waals surface area contributed by atoms with Gasteiger partial charge in [-0.2, -0.15) is 5.10 Å². The summed E-state index contributed by atoms with van der Waals surface area (Å²) in [4.78, 5) is 7.56. The summed E-state index contributed by atoms with van der Waals surface area (Å²) >= 11 is 0. The maximum atomic E-state index is 4.99. The molecule has 2 aromatic carbocycles. The number of allylic oxidation sites excluding steroid dienone is 3. The second kappa shape index (κ2) is 14.6. The van der Waals surface area contributed by atoms with E-state index in [2.05, 4.69) is 109 Å². The van der Waals surface area contributed by atoms with Gasteiger partial charge < -0.3 is 10.6 Å². The van der Waals surface area contributed by atoms with E-state index in [1.807, 2.05) is 6.21 Å². The number of nitrogens with zero attached hydrogens (tertiary/aromatic N) is 3. The standard InChI is InChI=1S/C36H48N6/c1-5-27(3)36(39-32-18-23-42(24-19-32)25-29-9-7-6-8-10-29)38-22-15-28(4)33-34(30-13-11-26(2)12-14-30)40-41-35(33)31-16-20-37-21-17-31/h6-15,22,31-32,37,39H,5,16-21,23-25H2,1-4H3,(H,40,41)/b28-15+,36-27?,38-22-. The number of benzene rings is 2. The van der Waals surface area contributed by atoms with Gasteiger partial charge in [-0.25, -0.2) is 4.99 Å². The lowest BCUT2D eigenvalue weighted by atomic mass is 9.88. The normalized spacial score (nSPS) is 18.4. The van der Waals surface area contributed by atoms with E-state index in [0.29, 0.717) is 12.0 Å². The van der Waals surface area contributed by atoms with Gasteiger partial charge >= 0.3 is 0 Å². The highest BCUT2D eigenvalue weighted by Crippen LogP contribution is 2.36. The van der Waals surface area contributed by atoms with Crippen LogP contribution >= 0.6 is 0 Å². The second-order valence-electron chi connectivity index (χ2n) is 12.0. The van der Waals surface area contributed by atoms with E-state index in [1.54, 1.807) is 0 Å². The Labute approximate surface area is 252 Å². The Morgan fingerprint density at radius 2 is 1.71 bits per heavy atom. The molecule has 3 aromatic rings. The van der Waals surface area contributed by atoms with Gasteiger partial charge in [-0.3, -0.25) is 10.00 Å². The molecule has 222 valence electrons. The molecule has 5 rings (SSSR count). The minimum atomic E-state index is 0.448. The number of likely N-dealkylation sites (tertiary alicyclic amines) is 1. The molecule has 2 saturated heterocycles. The van der Waals surface area contributed by atoms with Crippen LogP contribution in [0.2, 0.25) is 0 Å². The molecule has 2 fully saturated rings. The molecule has 6 heteroatoms. The van der Waals surface area contributed by atoms with E-state index < -0.39 is 0 Å². The van der Waals surface area contributed by atoms with Gasteiger partial charge in [0.1, 0.15) is 5.82 Å². The molecule has 0 saturated carbocycles. The molecule has 2 aliphatic rings. The van der Waals surface area contributed by atoms with Crippen LogP contribution in [0.25, 0.3) is 16.8 Å². The molecule has 0 atom stereocenters. The molecule has 42 heavy (non-hydrogen) atoms. The SMILES string of the molecule is CCC(C)=C(/N=C\C=C(/C)c1c(-c2ccc(C)cc2)n[nH]c1C1CCNCC1)NC1CCN(Cc2ccccc2)CC1. The van der Waals surface area contributed by atoms with Crippen molar-refractivity contribution in [2.75, 3.05) is 26.2 Å². The fraction of sp³-hybridized carbons (Fsp3) is 0.444. The first-order chi connectivity index (χ1) is 20.5. The van der Waals surface area contributed by atoms with Crippen molar-refractivity contribution in [1.29, 1.82) is 0 Å². The second-order valence-corrected chi connectivity index (χ2v) is 12.0. The van der Waals surface area contributed by atoms with Gasteiger partial charge in [0.2, 0.25) is 0 Å². The Morgan fingerprint density at radius 3 is 2.40 bits per heavy atom. The van der Waals surface area contributed by atoms with Gasteiger partial charge in [-0.05, 0) is 88.8 Å². The fourth-order valence-electron chi connectivity index (χ4n) is 6.10. The highest BCUT2D eigenvalue weighted by atomic mass is 15.2. The predicted octanol–water partition coefficient (Wildman–Crippen LogP) is 7.22. The Kier molecular flexibility index (Phi) is 10.4. The lowest BCUT2D eigenvalue weighted by Gasteiger charge is -2.33. The summed E-state index contributed by atoms with van der Waals surface area (Å²) in [5, 5.41) is 15.6. The lowest BCUT2D eigenvalue weighted by molar-refractivity contribution is 0.195. The Hall–Kier alpha value is -3.48. The molecule has 6 nitrogen and oxygen atoms in total. The number of aromatic nitrogens is 2. The number of nitrogens with one attached hydrogen (secondary N) is 3. The molecule has 0 spiro atoms. The molecule has 1 aromatic heterocycles. The molecule has 2 aliphatic heterocycles. The maximum absolute atomic E-state index is 4.99. The highest BCUT2D eigenvalue weighted by Gasteiger charge is 2.25. The van der Waals surface area contributed by atoms with Crippen LogP contribution in [0.3, 0.4) is 0 Å². The molecule has 0 radical (unpaired) electrons. The third-order valence-corrected chi connectivity index (χ3v) is 8.90. The first-order valence-electron chi connectivity index (χ1n) is 15.8. The Balaban J connectivity index is 1.30. The molecule has 3 N–H and O–H groups in total. The molecule has 0 bridgehead atoms. The summed E-state index contributed by atoms with van der Waals surface area (Å²) in [5.41, 5.74) is 9.82. The van der Waals surface area contributed by atoms with Gasteiger partial charge in [0.15, 0.2) is 0 Å². The summed E-state index contributed by atoms with van der Waals surface area (Å²) in [6, 6.07) is 20.0. The van der Waals surface area contributed by atoms with Crippen LogP contribution in [-0.2, 0) is 6.54 Å². The Morgan fingerprint density at radius 1 is 1.00 bits per heavy atom. The van der Waals surface area contributed by atoms with Crippen LogP contribution < -0.4 is 10.6 Å². The minimum Gasteiger partial charge on any atom is -0.367 e. The lowest BCUT2D eigenvalue weighted by Crippen LogP contribution is -2.41. The first kappa shape index (κ1) is 30.0. The number of piperidine rings is 2. The van der Waals surface area contributed by atoms with E-state index in [1.165, 1.54) is 33.5 Å². The number of aromatic amines is 1. The molecule has 0 amide bonds. The van der Waals surface area contributed by atoms with Gasteiger partial charge in [-0.15, -0.1) is 0 Å². The smallest absolute Gasteiger partial charge is 0.124 e. The van der Waals surface area contributed by atoms with Crippen molar-refractivity contribution in [2.45, 2.75) is 78.3 Å². The first-order valence-corrected chi connectivity index (χ1v) is 15.8. The van der Waals surface area contributed by atoms with Crippen molar-refractivity contribution in [3.63, 3.8) is 0 Å². The number of aliphatic imine (C=N–C) groups is 1. The van der Waals surface area contributed by atoms with E-state index in [0.717, 1.165) is 81.9 Å². The van der Waals surface area contributed by atoms with Crippen LogP contribution in [-0.4, -0.2) is 53.5 Å². The molecule has 0 aliphatic carbocycles. The summed E-state index contributed by atoms with van der Waals surface area (Å²) in [7, 11) is 0. The van der Waals surface area contributed by atoms with Crippen molar-refractivity contribution in [3.8, 4) is 11.3 Å². The number of hydrogen-bond acceptors (Lipinski definition) is 5. The highest BCUT2D eigenvalue weighted by molar-refractivity contribution is 5.89. The largest absolute Gasteiger partial charge is 0.367 e. The van der Waals surface area contributed by atoms with E-state index in [9.17, 15) is 0 Å². The number of H-pyrrole nitrogens is 1. The van der Waals surface area contributed by atoms with Crippen molar-refractivity contribution in [1.82, 2.24) is 25.7 Å². The van der Waals surface area contributed by atoms with Gasteiger partial charge in [0, 0.05) is 54.6 Å². The molecule has 0 unspecified atom stereocenters. The zero-order valence-electron chi connectivity index (χ0n) is 25.9. The maximum Gasteiger partial charge on any atom is 0.124 e. The van der Waals surface area contributed by atoms with Crippen LogP contribution in [0.4, 0.5) is 0 Å². The van der Waals surface area contributed by atoms with Crippen LogP contribution in [0.5, 0.6) is 0 Å². The van der Waals surface area contributed by atoms with Crippen LogP contribution in [0.1, 0.15) is 81.2 Å². The summed E-state index contributed by atoms with van der Waals surface area (Å²) in [6.45, 7) is 14.1.